The third-order valence-electron chi connectivity index (χ3n) is 8.17. The van der Waals surface area contributed by atoms with E-state index >= 15 is 0 Å². The molecule has 36 heavy (non-hydrogen) atoms. The van der Waals surface area contributed by atoms with Crippen LogP contribution in [0.1, 0.15) is 61.0 Å². The van der Waals surface area contributed by atoms with Gasteiger partial charge in [-0.2, -0.15) is 0 Å². The molecule has 0 aliphatic carbocycles. The van der Waals surface area contributed by atoms with Crippen LogP contribution < -0.4 is 10.1 Å². The third kappa shape index (κ3) is 5.13. The zero-order chi connectivity index (χ0) is 25.3. The van der Waals surface area contributed by atoms with Crippen molar-refractivity contribution >= 4 is 17.5 Å². The zero-order valence-corrected chi connectivity index (χ0v) is 21.4. The first-order valence-electron chi connectivity index (χ1n) is 13.1. The minimum atomic E-state index is -0.608. The second kappa shape index (κ2) is 9.87. The van der Waals surface area contributed by atoms with Crippen LogP contribution in [0.4, 0.5) is 5.69 Å². The maximum absolute atomic E-state index is 13.2. The van der Waals surface area contributed by atoms with Gasteiger partial charge in [0.05, 0.1) is 11.3 Å². The van der Waals surface area contributed by atoms with Gasteiger partial charge in [0.1, 0.15) is 18.0 Å². The van der Waals surface area contributed by atoms with E-state index in [0.29, 0.717) is 16.7 Å². The molecule has 0 unspecified atom stereocenters. The molecule has 0 saturated carbocycles. The summed E-state index contributed by atoms with van der Waals surface area (Å²) in [6, 6.07) is 13.6. The Labute approximate surface area is 213 Å². The van der Waals surface area contributed by atoms with Crippen LogP contribution in [0.2, 0.25) is 0 Å². The summed E-state index contributed by atoms with van der Waals surface area (Å²) in [7, 11) is 0. The molecule has 2 aromatic rings. The Morgan fingerprint density at radius 1 is 0.972 bits per heavy atom. The molecule has 2 aromatic carbocycles. The fraction of sp³-hybridized carbons (Fsp3) is 0.517. The van der Waals surface area contributed by atoms with Crippen LogP contribution in [0.5, 0.6) is 5.75 Å². The molecule has 2 amide bonds. The van der Waals surface area contributed by atoms with Crippen molar-refractivity contribution in [2.24, 2.45) is 5.41 Å². The van der Waals surface area contributed by atoms with E-state index in [2.05, 4.69) is 42.3 Å². The Morgan fingerprint density at radius 2 is 1.67 bits per heavy atom. The Balaban J connectivity index is 1.16. The van der Waals surface area contributed by atoms with Crippen LogP contribution in [-0.4, -0.2) is 65.1 Å². The fourth-order valence-corrected chi connectivity index (χ4v) is 6.05. The molecule has 5 rings (SSSR count). The van der Waals surface area contributed by atoms with Crippen molar-refractivity contribution in [1.82, 2.24) is 9.80 Å². The first kappa shape index (κ1) is 24.8. The first-order valence-corrected chi connectivity index (χ1v) is 13.1. The highest BCUT2D eigenvalue weighted by Gasteiger charge is 2.39. The average molecular weight is 492 g/mol. The maximum atomic E-state index is 13.2. The number of piperidine rings is 2. The summed E-state index contributed by atoms with van der Waals surface area (Å²) in [4.78, 5) is 29.4. The number of nitrogens with one attached hydrogen (secondary N) is 1. The van der Waals surface area contributed by atoms with E-state index in [1.54, 1.807) is 24.3 Å². The number of hydrogen-bond acceptors (Lipinski definition) is 5. The van der Waals surface area contributed by atoms with Crippen LogP contribution in [0.15, 0.2) is 42.5 Å². The van der Waals surface area contributed by atoms with Gasteiger partial charge in [0.15, 0.2) is 0 Å². The molecule has 0 radical (unpaired) electrons. The van der Waals surface area contributed by atoms with Crippen LogP contribution in [-0.2, 0) is 17.8 Å². The van der Waals surface area contributed by atoms with Gasteiger partial charge in [-0.3, -0.25) is 14.5 Å². The lowest BCUT2D eigenvalue weighted by Gasteiger charge is -2.47. The Bertz CT molecular complexity index is 1130. The molecule has 192 valence electrons. The quantitative estimate of drug-likeness (QED) is 0.664. The Kier molecular flexibility index (Phi) is 6.79. The van der Waals surface area contributed by atoms with E-state index in [-0.39, 0.29) is 11.5 Å². The summed E-state index contributed by atoms with van der Waals surface area (Å²) in [5.41, 5.74) is 3.72. The van der Waals surface area contributed by atoms with Crippen LogP contribution in [0, 0.1) is 5.41 Å². The minimum Gasteiger partial charge on any atom is -0.487 e. The Morgan fingerprint density at radius 3 is 2.39 bits per heavy atom. The smallest absolute Gasteiger partial charge is 0.255 e. The van der Waals surface area contributed by atoms with Crippen molar-refractivity contribution in [3.8, 4) is 5.75 Å². The number of rotatable bonds is 5. The monoisotopic (exact) mass is 491 g/mol. The summed E-state index contributed by atoms with van der Waals surface area (Å²) < 4.78 is 6.28. The summed E-state index contributed by atoms with van der Waals surface area (Å²) in [5, 5.41) is 11.7. The van der Waals surface area contributed by atoms with Gasteiger partial charge in [-0.1, -0.05) is 30.3 Å². The molecule has 3 aliphatic rings. The normalized spacial score (nSPS) is 20.6. The summed E-state index contributed by atoms with van der Waals surface area (Å²) in [5.74, 6) is 0.511. The van der Waals surface area contributed by atoms with Crippen LogP contribution in [0.25, 0.3) is 0 Å². The molecule has 3 heterocycles. The minimum absolute atomic E-state index is 0.0583. The average Bonchev–Trinajstić information content (AvgIpc) is 3.21. The van der Waals surface area contributed by atoms with E-state index in [4.69, 9.17) is 9.84 Å². The van der Waals surface area contributed by atoms with E-state index < -0.39 is 12.5 Å². The molecular weight excluding hydrogens is 454 g/mol. The Hall–Kier alpha value is -2.90. The van der Waals surface area contributed by atoms with Crippen molar-refractivity contribution in [2.75, 3.05) is 38.1 Å². The number of ether oxygens (including phenoxy) is 1. The highest BCUT2D eigenvalue weighted by atomic mass is 16.5. The molecule has 2 fully saturated rings. The topological polar surface area (TPSA) is 82.1 Å². The molecule has 2 N–H and O–H groups in total. The largest absolute Gasteiger partial charge is 0.487 e. The van der Waals surface area contributed by atoms with Gasteiger partial charge in [0.25, 0.3) is 5.91 Å². The number of nitrogens with zero attached hydrogens (tertiary/aromatic N) is 2. The molecule has 2 saturated heterocycles. The second-order valence-corrected chi connectivity index (χ2v) is 11.3. The maximum Gasteiger partial charge on any atom is 0.255 e. The van der Waals surface area contributed by atoms with Crippen molar-refractivity contribution < 1.29 is 19.4 Å². The number of anilines is 1. The van der Waals surface area contributed by atoms with Crippen molar-refractivity contribution in [3.05, 3.63) is 59.2 Å². The number of benzene rings is 2. The fourth-order valence-electron chi connectivity index (χ4n) is 6.05. The number of para-hydroxylation sites is 2. The van der Waals surface area contributed by atoms with Gasteiger partial charge in [-0.25, -0.2) is 0 Å². The molecule has 0 aromatic heterocycles. The molecule has 0 bridgehead atoms. The summed E-state index contributed by atoms with van der Waals surface area (Å²) in [6.07, 6.45) is 5.29. The number of carbonyl (C=O) groups excluding carboxylic acids is 2. The first-order chi connectivity index (χ1) is 17.3. The van der Waals surface area contributed by atoms with E-state index in [0.717, 1.165) is 70.6 Å². The van der Waals surface area contributed by atoms with Crippen LogP contribution >= 0.6 is 0 Å². The van der Waals surface area contributed by atoms with Gasteiger partial charge in [-0.15, -0.1) is 0 Å². The van der Waals surface area contributed by atoms with Gasteiger partial charge < -0.3 is 20.1 Å². The number of fused-ring (bicyclic) bond motifs is 1. The van der Waals surface area contributed by atoms with Gasteiger partial charge >= 0.3 is 0 Å². The van der Waals surface area contributed by atoms with E-state index in [9.17, 15) is 9.59 Å². The highest BCUT2D eigenvalue weighted by molar-refractivity contribution is 6.04. The standard InChI is InChI=1S/C29H37N3O4/c1-28(2)18-21-6-5-7-22(26(21)36-28)19-31-14-10-29(11-15-31)12-16-32(17-13-29)27(35)23-8-3-4-9-24(23)30-25(34)20-33/h3-9,33H,10-20H2,1-2H3,(H,30,34). The van der Waals surface area contributed by atoms with Gasteiger partial charge in [0.2, 0.25) is 5.91 Å². The molecule has 7 nitrogen and oxygen atoms in total. The zero-order valence-electron chi connectivity index (χ0n) is 21.4. The van der Waals surface area contributed by atoms with E-state index in [1.165, 1.54) is 11.1 Å². The second-order valence-electron chi connectivity index (χ2n) is 11.3. The lowest BCUT2D eigenvalue weighted by Crippen LogP contribution is -2.48. The number of hydrogen-bond donors (Lipinski definition) is 2. The molecule has 1 spiro atoms. The highest BCUT2D eigenvalue weighted by Crippen LogP contribution is 2.43. The lowest BCUT2D eigenvalue weighted by atomic mass is 9.71. The SMILES string of the molecule is CC1(C)Cc2cccc(CN3CCC4(CC3)CCN(C(=O)c3ccccc3NC(=O)CO)CC4)c2O1. The van der Waals surface area contributed by atoms with Gasteiger partial charge in [-0.05, 0) is 75.7 Å². The lowest BCUT2D eigenvalue weighted by molar-refractivity contribution is -0.118. The summed E-state index contributed by atoms with van der Waals surface area (Å²) in [6.45, 7) is 8.23. The number of carbonyl (C=O) groups is 2. The number of likely N-dealkylation sites (tertiary alicyclic amines) is 2. The summed E-state index contributed by atoms with van der Waals surface area (Å²) >= 11 is 0. The van der Waals surface area contributed by atoms with Crippen LogP contribution in [0.3, 0.4) is 0 Å². The van der Waals surface area contributed by atoms with Gasteiger partial charge in [0, 0.05) is 31.6 Å². The molecule has 7 heteroatoms. The molecule has 0 atom stereocenters. The third-order valence-corrected chi connectivity index (χ3v) is 8.17. The van der Waals surface area contributed by atoms with E-state index in [1.807, 2.05) is 4.90 Å². The van der Waals surface area contributed by atoms with Crippen molar-refractivity contribution in [1.29, 1.82) is 0 Å². The molecular formula is C29H37N3O4. The predicted molar refractivity (Wildman–Crippen MR) is 139 cm³/mol. The predicted octanol–water partition coefficient (Wildman–Crippen LogP) is 3.85. The number of amides is 2. The van der Waals surface area contributed by atoms with Crippen molar-refractivity contribution in [2.45, 2.75) is 58.1 Å². The number of aliphatic hydroxyl groups excluding tert-OH is 1. The molecule has 3 aliphatic heterocycles. The number of aliphatic hydroxyl groups is 1. The van der Waals surface area contributed by atoms with Crippen molar-refractivity contribution in [3.63, 3.8) is 0 Å².